The Hall–Kier alpha value is -2.93. The van der Waals surface area contributed by atoms with Gasteiger partial charge in [0.05, 0.1) is 0 Å². The quantitative estimate of drug-likeness (QED) is 0.542. The van der Waals surface area contributed by atoms with Gasteiger partial charge in [-0.15, -0.1) is 11.3 Å². The molecule has 0 unspecified atom stereocenters. The van der Waals surface area contributed by atoms with Crippen LogP contribution in [0.5, 0.6) is 0 Å². The predicted octanol–water partition coefficient (Wildman–Crippen LogP) is 4.01. The number of nitrogens with zero attached hydrogens (tertiary/aromatic N) is 3. The molecule has 0 bridgehead atoms. The van der Waals surface area contributed by atoms with Crippen LogP contribution >= 0.6 is 11.3 Å². The Morgan fingerprint density at radius 2 is 2.03 bits per heavy atom. The van der Waals surface area contributed by atoms with Crippen molar-refractivity contribution >= 4 is 45.1 Å². The number of amides is 1. The number of carbonyl (C=O) groups is 1. The number of hydrogen-bond donors (Lipinski definition) is 1. The molecule has 0 atom stereocenters. The van der Waals surface area contributed by atoms with Gasteiger partial charge < -0.3 is 14.6 Å². The first-order chi connectivity index (χ1) is 14.3. The summed E-state index contributed by atoms with van der Waals surface area (Å²) in [6, 6.07) is 12.1. The molecule has 7 heteroatoms. The largest absolute Gasteiger partial charge is 0.450 e. The van der Waals surface area contributed by atoms with Crippen LogP contribution in [-0.2, 0) is 11.2 Å². The standard InChI is InChI=1S/C22H22N4O2S/c27-22(23-10-7-16-4-3-13-29-16)15-8-11-26(12-9-15)21-20-19(24-14-25-21)17-5-1-2-6-18(17)28-20/h1-6,13-15H,7-12H2,(H,23,27). The lowest BCUT2D eigenvalue weighted by molar-refractivity contribution is -0.125. The molecular formula is C22H22N4O2S. The van der Waals surface area contributed by atoms with E-state index >= 15 is 0 Å². The number of piperidine rings is 1. The monoisotopic (exact) mass is 406 g/mol. The molecule has 6 nitrogen and oxygen atoms in total. The van der Waals surface area contributed by atoms with E-state index in [-0.39, 0.29) is 11.8 Å². The van der Waals surface area contributed by atoms with Crippen LogP contribution in [0.2, 0.25) is 0 Å². The highest BCUT2D eigenvalue weighted by molar-refractivity contribution is 7.09. The van der Waals surface area contributed by atoms with E-state index in [4.69, 9.17) is 4.42 Å². The van der Waals surface area contributed by atoms with Crippen LogP contribution in [0.25, 0.3) is 22.1 Å². The number of rotatable bonds is 5. The Labute approximate surface area is 172 Å². The molecule has 1 aliphatic heterocycles. The molecule has 1 aliphatic rings. The summed E-state index contributed by atoms with van der Waals surface area (Å²) in [4.78, 5) is 25.0. The lowest BCUT2D eigenvalue weighted by Crippen LogP contribution is -2.41. The molecule has 0 spiro atoms. The summed E-state index contributed by atoms with van der Waals surface area (Å²) in [6.07, 6.45) is 4.13. The summed E-state index contributed by atoms with van der Waals surface area (Å²) in [6.45, 7) is 2.27. The van der Waals surface area contributed by atoms with Gasteiger partial charge in [0, 0.05) is 35.8 Å². The number of carbonyl (C=O) groups excluding carboxylic acids is 1. The van der Waals surface area contributed by atoms with E-state index in [9.17, 15) is 4.79 Å². The Morgan fingerprint density at radius 1 is 1.17 bits per heavy atom. The number of hydrogen-bond acceptors (Lipinski definition) is 6. The summed E-state index contributed by atoms with van der Waals surface area (Å²) < 4.78 is 6.05. The third-order valence-electron chi connectivity index (χ3n) is 5.56. The fourth-order valence-corrected chi connectivity index (χ4v) is 4.71. The first-order valence-electron chi connectivity index (χ1n) is 9.97. The van der Waals surface area contributed by atoms with Crippen molar-refractivity contribution in [3.05, 3.63) is 53.0 Å². The van der Waals surface area contributed by atoms with Gasteiger partial charge in [-0.25, -0.2) is 9.97 Å². The number of anilines is 1. The van der Waals surface area contributed by atoms with E-state index in [0.29, 0.717) is 6.54 Å². The summed E-state index contributed by atoms with van der Waals surface area (Å²) in [5.41, 5.74) is 2.40. The van der Waals surface area contributed by atoms with Gasteiger partial charge >= 0.3 is 0 Å². The van der Waals surface area contributed by atoms with Crippen molar-refractivity contribution in [2.24, 2.45) is 5.92 Å². The van der Waals surface area contributed by atoms with Crippen molar-refractivity contribution in [1.82, 2.24) is 15.3 Å². The maximum absolute atomic E-state index is 12.5. The molecule has 148 valence electrons. The number of fused-ring (bicyclic) bond motifs is 3. The molecule has 5 rings (SSSR count). The molecule has 29 heavy (non-hydrogen) atoms. The third kappa shape index (κ3) is 3.58. The average Bonchev–Trinajstić information content (AvgIpc) is 3.41. The second kappa shape index (κ2) is 7.83. The van der Waals surface area contributed by atoms with Crippen LogP contribution in [0.15, 0.2) is 52.5 Å². The van der Waals surface area contributed by atoms with E-state index < -0.39 is 0 Å². The Balaban J connectivity index is 1.24. The van der Waals surface area contributed by atoms with E-state index in [2.05, 4.69) is 31.6 Å². The summed E-state index contributed by atoms with van der Waals surface area (Å²) in [5.74, 6) is 1.04. The van der Waals surface area contributed by atoms with Gasteiger partial charge in [0.2, 0.25) is 5.91 Å². The van der Waals surface area contributed by atoms with E-state index in [0.717, 1.165) is 60.2 Å². The molecule has 0 saturated carbocycles. The van der Waals surface area contributed by atoms with E-state index in [1.807, 2.05) is 30.3 Å². The summed E-state index contributed by atoms with van der Waals surface area (Å²) in [7, 11) is 0. The normalized spacial score (nSPS) is 15.2. The number of thiophene rings is 1. The van der Waals surface area contributed by atoms with Gasteiger partial charge in [-0.1, -0.05) is 18.2 Å². The SMILES string of the molecule is O=C(NCCc1cccs1)C1CCN(c2ncnc3c2oc2ccccc23)CC1. The maximum atomic E-state index is 12.5. The van der Waals surface area contributed by atoms with Crippen LogP contribution in [0.4, 0.5) is 5.82 Å². The molecule has 1 amide bonds. The molecule has 3 aromatic heterocycles. The Morgan fingerprint density at radius 3 is 2.86 bits per heavy atom. The van der Waals surface area contributed by atoms with Gasteiger partial charge in [-0.2, -0.15) is 0 Å². The molecule has 0 aliphatic carbocycles. The minimum atomic E-state index is 0.0580. The molecule has 1 N–H and O–H groups in total. The number of aromatic nitrogens is 2. The van der Waals surface area contributed by atoms with Gasteiger partial charge in [0.15, 0.2) is 11.4 Å². The smallest absolute Gasteiger partial charge is 0.223 e. The maximum Gasteiger partial charge on any atom is 0.223 e. The zero-order chi connectivity index (χ0) is 19.6. The topological polar surface area (TPSA) is 71.3 Å². The van der Waals surface area contributed by atoms with Crippen LogP contribution < -0.4 is 10.2 Å². The van der Waals surface area contributed by atoms with Crippen molar-refractivity contribution in [2.75, 3.05) is 24.5 Å². The summed E-state index contributed by atoms with van der Waals surface area (Å²) in [5, 5.41) is 6.17. The first-order valence-corrected chi connectivity index (χ1v) is 10.8. The molecule has 4 aromatic rings. The minimum Gasteiger partial charge on any atom is -0.450 e. The first kappa shape index (κ1) is 18.1. The molecule has 0 radical (unpaired) electrons. The number of furan rings is 1. The van der Waals surface area contributed by atoms with E-state index in [1.54, 1.807) is 17.7 Å². The van der Waals surface area contributed by atoms with E-state index in [1.165, 1.54) is 4.88 Å². The summed E-state index contributed by atoms with van der Waals surface area (Å²) >= 11 is 1.73. The number of nitrogens with one attached hydrogen (secondary N) is 1. The van der Waals surface area contributed by atoms with Gasteiger partial charge in [-0.05, 0) is 42.8 Å². The van der Waals surface area contributed by atoms with Crippen LogP contribution in [0.1, 0.15) is 17.7 Å². The molecule has 1 fully saturated rings. The lowest BCUT2D eigenvalue weighted by atomic mass is 9.96. The molecule has 1 aromatic carbocycles. The lowest BCUT2D eigenvalue weighted by Gasteiger charge is -2.31. The van der Waals surface area contributed by atoms with Crippen molar-refractivity contribution in [2.45, 2.75) is 19.3 Å². The van der Waals surface area contributed by atoms with Gasteiger partial charge in [-0.3, -0.25) is 4.79 Å². The predicted molar refractivity (Wildman–Crippen MR) is 115 cm³/mol. The highest BCUT2D eigenvalue weighted by Crippen LogP contribution is 2.33. The molecular weight excluding hydrogens is 384 g/mol. The highest BCUT2D eigenvalue weighted by Gasteiger charge is 2.27. The third-order valence-corrected chi connectivity index (χ3v) is 6.49. The fourth-order valence-electron chi connectivity index (χ4n) is 4.00. The van der Waals surface area contributed by atoms with Crippen LogP contribution in [-0.4, -0.2) is 35.5 Å². The number of benzene rings is 1. The van der Waals surface area contributed by atoms with Gasteiger partial charge in [0.25, 0.3) is 0 Å². The molecule has 4 heterocycles. The molecule has 1 saturated heterocycles. The van der Waals surface area contributed by atoms with Crippen molar-refractivity contribution < 1.29 is 9.21 Å². The van der Waals surface area contributed by atoms with Crippen molar-refractivity contribution in [1.29, 1.82) is 0 Å². The van der Waals surface area contributed by atoms with Crippen molar-refractivity contribution in [3.8, 4) is 0 Å². The number of para-hydroxylation sites is 1. The second-order valence-corrected chi connectivity index (χ2v) is 8.39. The Bertz CT molecular complexity index is 1130. The zero-order valence-corrected chi connectivity index (χ0v) is 16.8. The zero-order valence-electron chi connectivity index (χ0n) is 16.0. The van der Waals surface area contributed by atoms with Crippen molar-refractivity contribution in [3.63, 3.8) is 0 Å². The fraction of sp³-hybridized carbons (Fsp3) is 0.318. The minimum absolute atomic E-state index is 0.0580. The van der Waals surface area contributed by atoms with Crippen LogP contribution in [0.3, 0.4) is 0 Å². The average molecular weight is 407 g/mol. The second-order valence-electron chi connectivity index (χ2n) is 7.35. The highest BCUT2D eigenvalue weighted by atomic mass is 32.1. The van der Waals surface area contributed by atoms with Crippen LogP contribution in [0, 0.1) is 5.92 Å². The Kier molecular flexibility index (Phi) is 4.89. The van der Waals surface area contributed by atoms with Gasteiger partial charge in [0.1, 0.15) is 17.4 Å².